The smallest absolute Gasteiger partial charge is 0.289 e. The Labute approximate surface area is 212 Å². The van der Waals surface area contributed by atoms with Gasteiger partial charge in [0.25, 0.3) is 5.91 Å². The molecule has 1 saturated heterocycles. The second-order valence-corrected chi connectivity index (χ2v) is 9.47. The van der Waals surface area contributed by atoms with E-state index < -0.39 is 0 Å². The van der Waals surface area contributed by atoms with Gasteiger partial charge in [0.05, 0.1) is 12.9 Å². The Hall–Kier alpha value is -2.96. The summed E-state index contributed by atoms with van der Waals surface area (Å²) in [7, 11) is 1.86. The minimum Gasteiger partial charge on any atom is -0.504 e. The molecule has 0 aliphatic carbocycles. The zero-order valence-electron chi connectivity index (χ0n) is 20.3. The third-order valence-corrected chi connectivity index (χ3v) is 7.26. The molecule has 2 aromatic carbocycles. The highest BCUT2D eigenvalue weighted by Crippen LogP contribution is 2.33. The Morgan fingerprint density at radius 1 is 1.14 bits per heavy atom. The average Bonchev–Trinajstić information content (AvgIpc) is 3.41. The van der Waals surface area contributed by atoms with E-state index in [1.54, 1.807) is 18.2 Å². The molecule has 0 spiro atoms. The van der Waals surface area contributed by atoms with Gasteiger partial charge in [0.2, 0.25) is 0 Å². The quantitative estimate of drug-likeness (QED) is 0.415. The number of carbonyl (C=O) groups is 1. The molecule has 1 atom stereocenters. The topological polar surface area (TPSA) is 66.2 Å². The first-order chi connectivity index (χ1) is 17.0. The molecule has 1 aliphatic rings. The maximum absolute atomic E-state index is 13.1. The summed E-state index contributed by atoms with van der Waals surface area (Å²) in [5.74, 6) is 1.29. The number of likely N-dealkylation sites (N-methyl/N-ethyl adjacent to an activating group) is 1. The van der Waals surface area contributed by atoms with Crippen molar-refractivity contribution in [1.29, 1.82) is 0 Å². The maximum Gasteiger partial charge on any atom is 0.289 e. The van der Waals surface area contributed by atoms with Crippen LogP contribution >= 0.6 is 11.6 Å². The lowest BCUT2D eigenvalue weighted by molar-refractivity contribution is 0.0555. The number of ether oxygens (including phenoxy) is 1. The fraction of sp³-hybridized carbons (Fsp3) is 0.393. The normalized spacial score (nSPS) is 15.6. The number of amides is 1. The molecule has 7 heteroatoms. The highest BCUT2D eigenvalue weighted by atomic mass is 35.5. The van der Waals surface area contributed by atoms with Crippen LogP contribution in [0.1, 0.15) is 41.4 Å². The zero-order valence-corrected chi connectivity index (χ0v) is 21.1. The summed E-state index contributed by atoms with van der Waals surface area (Å²) in [5.41, 5.74) is 1.91. The summed E-state index contributed by atoms with van der Waals surface area (Å²) in [6, 6.07) is 16.9. The average molecular weight is 497 g/mol. The van der Waals surface area contributed by atoms with Gasteiger partial charge in [-0.3, -0.25) is 9.69 Å². The SMILES string of the molecule is CCOc1cccc(CN2CCC([C@@H](Cc3ccccc3Cl)N(C)C(=O)c3ccco3)CC2)c1O. The number of furan rings is 1. The molecule has 0 bridgehead atoms. The fourth-order valence-electron chi connectivity index (χ4n) is 4.94. The van der Waals surface area contributed by atoms with Gasteiger partial charge >= 0.3 is 0 Å². The number of hydrogen-bond acceptors (Lipinski definition) is 5. The molecule has 2 heterocycles. The van der Waals surface area contributed by atoms with Crippen molar-refractivity contribution < 1.29 is 19.1 Å². The third-order valence-electron chi connectivity index (χ3n) is 6.89. The van der Waals surface area contributed by atoms with Crippen molar-refractivity contribution in [3.05, 3.63) is 82.8 Å². The van der Waals surface area contributed by atoms with Crippen molar-refractivity contribution in [2.75, 3.05) is 26.7 Å². The molecular formula is C28H33ClN2O4. The number of benzene rings is 2. The van der Waals surface area contributed by atoms with E-state index in [0.29, 0.717) is 37.0 Å². The predicted molar refractivity (Wildman–Crippen MR) is 137 cm³/mol. The number of carbonyl (C=O) groups excluding carboxylic acids is 1. The van der Waals surface area contributed by atoms with Crippen LogP contribution in [0.4, 0.5) is 0 Å². The van der Waals surface area contributed by atoms with Crippen molar-refractivity contribution >= 4 is 17.5 Å². The second kappa shape index (κ2) is 11.6. The number of rotatable bonds is 9. The van der Waals surface area contributed by atoms with E-state index in [-0.39, 0.29) is 17.7 Å². The number of phenolic OH excluding ortho intramolecular Hbond substituents is 1. The predicted octanol–water partition coefficient (Wildman–Crippen LogP) is 5.63. The van der Waals surface area contributed by atoms with Crippen LogP contribution in [-0.4, -0.2) is 53.6 Å². The summed E-state index contributed by atoms with van der Waals surface area (Å²) < 4.78 is 10.9. The third kappa shape index (κ3) is 6.00. The van der Waals surface area contributed by atoms with Crippen LogP contribution in [0.25, 0.3) is 0 Å². The van der Waals surface area contributed by atoms with Crippen molar-refractivity contribution in [2.24, 2.45) is 5.92 Å². The number of phenols is 1. The summed E-state index contributed by atoms with van der Waals surface area (Å²) in [6.45, 7) is 4.84. The van der Waals surface area contributed by atoms with Crippen molar-refractivity contribution in [1.82, 2.24) is 9.80 Å². The first-order valence-corrected chi connectivity index (χ1v) is 12.6. The van der Waals surface area contributed by atoms with Crippen molar-refractivity contribution in [2.45, 2.75) is 38.8 Å². The molecule has 0 saturated carbocycles. The first kappa shape index (κ1) is 25.1. The van der Waals surface area contributed by atoms with E-state index >= 15 is 0 Å². The molecule has 35 heavy (non-hydrogen) atoms. The Morgan fingerprint density at radius 2 is 1.89 bits per heavy atom. The number of piperidine rings is 1. The van der Waals surface area contributed by atoms with Crippen LogP contribution in [0.3, 0.4) is 0 Å². The number of para-hydroxylation sites is 1. The molecule has 3 aromatic rings. The molecule has 1 aliphatic heterocycles. The van der Waals surface area contributed by atoms with Crippen LogP contribution in [0.15, 0.2) is 65.3 Å². The van der Waals surface area contributed by atoms with Gasteiger partial charge in [-0.25, -0.2) is 0 Å². The number of aromatic hydroxyl groups is 1. The molecule has 1 amide bonds. The maximum atomic E-state index is 13.1. The first-order valence-electron chi connectivity index (χ1n) is 12.2. The second-order valence-electron chi connectivity index (χ2n) is 9.07. The molecule has 4 rings (SSSR count). The van der Waals surface area contributed by atoms with Crippen LogP contribution in [0.5, 0.6) is 11.5 Å². The summed E-state index contributed by atoms with van der Waals surface area (Å²) in [5, 5.41) is 11.3. The van der Waals surface area contributed by atoms with Gasteiger partial charge < -0.3 is 19.2 Å². The standard InChI is InChI=1S/C28H33ClN2O4/c1-3-34-25-11-6-9-22(27(25)32)19-31-15-13-20(14-16-31)24(18-21-8-4-5-10-23(21)29)30(2)28(33)26-12-7-17-35-26/h4-12,17,20,24,32H,3,13-16,18-19H2,1-2H3/t24-/m1/s1. The van der Waals surface area contributed by atoms with Crippen LogP contribution < -0.4 is 4.74 Å². The van der Waals surface area contributed by atoms with Gasteiger partial charge in [-0.05, 0) is 75.0 Å². The molecular weight excluding hydrogens is 464 g/mol. The van der Waals surface area contributed by atoms with Gasteiger partial charge in [-0.1, -0.05) is 41.9 Å². The van der Waals surface area contributed by atoms with Crippen LogP contribution in [-0.2, 0) is 13.0 Å². The van der Waals surface area contributed by atoms with E-state index in [1.165, 1.54) is 6.26 Å². The van der Waals surface area contributed by atoms with E-state index in [4.69, 9.17) is 20.8 Å². The number of likely N-dealkylation sites (tertiary alicyclic amines) is 1. The largest absolute Gasteiger partial charge is 0.504 e. The molecule has 0 unspecified atom stereocenters. The summed E-state index contributed by atoms with van der Waals surface area (Å²) >= 11 is 6.49. The van der Waals surface area contributed by atoms with Gasteiger partial charge in [-0.2, -0.15) is 0 Å². The van der Waals surface area contributed by atoms with E-state index in [0.717, 1.165) is 42.1 Å². The summed E-state index contributed by atoms with van der Waals surface area (Å²) in [6.07, 6.45) is 4.09. The molecule has 1 fully saturated rings. The highest BCUT2D eigenvalue weighted by molar-refractivity contribution is 6.31. The van der Waals surface area contributed by atoms with E-state index in [9.17, 15) is 9.90 Å². The lowest BCUT2D eigenvalue weighted by Gasteiger charge is -2.40. The lowest BCUT2D eigenvalue weighted by atomic mass is 9.84. The highest BCUT2D eigenvalue weighted by Gasteiger charge is 2.33. The monoisotopic (exact) mass is 496 g/mol. The molecule has 1 aromatic heterocycles. The van der Waals surface area contributed by atoms with Crippen LogP contribution in [0.2, 0.25) is 5.02 Å². The Bertz CT molecular complexity index is 1110. The van der Waals surface area contributed by atoms with Gasteiger partial charge in [0, 0.05) is 30.2 Å². The molecule has 1 N–H and O–H groups in total. The summed E-state index contributed by atoms with van der Waals surface area (Å²) in [4.78, 5) is 17.3. The molecule has 6 nitrogen and oxygen atoms in total. The molecule has 0 radical (unpaired) electrons. The number of hydrogen-bond donors (Lipinski definition) is 1. The Morgan fingerprint density at radius 3 is 2.57 bits per heavy atom. The lowest BCUT2D eigenvalue weighted by Crippen LogP contribution is -2.47. The van der Waals surface area contributed by atoms with Gasteiger partial charge in [0.1, 0.15) is 0 Å². The van der Waals surface area contributed by atoms with Gasteiger partial charge in [0.15, 0.2) is 17.3 Å². The van der Waals surface area contributed by atoms with Crippen molar-refractivity contribution in [3.8, 4) is 11.5 Å². The van der Waals surface area contributed by atoms with E-state index in [1.807, 2.05) is 55.3 Å². The Balaban J connectivity index is 1.46. The van der Waals surface area contributed by atoms with Crippen LogP contribution in [0, 0.1) is 5.92 Å². The minimum atomic E-state index is -0.118. The number of nitrogens with zero attached hydrogens (tertiary/aromatic N) is 2. The number of halogens is 1. The fourth-order valence-corrected chi connectivity index (χ4v) is 5.15. The van der Waals surface area contributed by atoms with E-state index in [2.05, 4.69) is 4.90 Å². The van der Waals surface area contributed by atoms with Gasteiger partial charge in [-0.15, -0.1) is 0 Å². The molecule has 186 valence electrons. The minimum absolute atomic E-state index is 0.00988. The van der Waals surface area contributed by atoms with Crippen molar-refractivity contribution in [3.63, 3.8) is 0 Å². The Kier molecular flexibility index (Phi) is 8.37. The zero-order chi connectivity index (χ0) is 24.8.